The van der Waals surface area contributed by atoms with Crippen molar-refractivity contribution in [2.45, 2.75) is 38.5 Å². The Morgan fingerprint density at radius 1 is 1.24 bits per heavy atom. The van der Waals surface area contributed by atoms with Gasteiger partial charge in [0.2, 0.25) is 0 Å². The van der Waals surface area contributed by atoms with E-state index in [9.17, 15) is 8.42 Å². The number of H-pyrrole nitrogens is 1. The molecule has 1 aromatic carbocycles. The molecule has 2 aromatic rings. The van der Waals surface area contributed by atoms with Gasteiger partial charge in [0.1, 0.15) is 0 Å². The molecule has 21 heavy (non-hydrogen) atoms. The number of aryl methyl sites for hydroxylation is 1. The smallest absolute Gasteiger partial charge is 0.263 e. The molecule has 0 aliphatic heterocycles. The molecule has 0 radical (unpaired) electrons. The van der Waals surface area contributed by atoms with Crippen molar-refractivity contribution in [2.24, 2.45) is 0 Å². The van der Waals surface area contributed by atoms with E-state index in [1.807, 2.05) is 20.8 Å². The minimum Gasteiger partial charge on any atom is -0.399 e. The molecular weight excluding hydrogens is 288 g/mol. The van der Waals surface area contributed by atoms with Gasteiger partial charge in [-0.1, -0.05) is 13.8 Å². The highest BCUT2D eigenvalue weighted by Gasteiger charge is 2.20. The van der Waals surface area contributed by atoms with Crippen LogP contribution in [0.4, 0.5) is 11.5 Å². The molecule has 4 N–H and O–H groups in total. The van der Waals surface area contributed by atoms with Crippen molar-refractivity contribution < 1.29 is 8.42 Å². The van der Waals surface area contributed by atoms with Gasteiger partial charge in [0, 0.05) is 17.4 Å². The lowest BCUT2D eigenvalue weighted by atomic mass is 10.1. The molecule has 114 valence electrons. The third-order valence-corrected chi connectivity index (χ3v) is 4.87. The number of hydrogen-bond donors (Lipinski definition) is 3. The van der Waals surface area contributed by atoms with Crippen molar-refractivity contribution in [3.63, 3.8) is 0 Å². The van der Waals surface area contributed by atoms with E-state index in [4.69, 9.17) is 5.73 Å². The summed E-state index contributed by atoms with van der Waals surface area (Å²) in [4.78, 5) is 0.175. The van der Waals surface area contributed by atoms with Gasteiger partial charge in [-0.25, -0.2) is 8.42 Å². The third kappa shape index (κ3) is 3.18. The second kappa shape index (κ2) is 5.40. The molecule has 0 spiro atoms. The number of nitrogens with two attached hydrogens (primary N) is 1. The maximum absolute atomic E-state index is 12.5. The fraction of sp³-hybridized carbons (Fsp3) is 0.357. The van der Waals surface area contributed by atoms with Gasteiger partial charge in [0.05, 0.1) is 4.90 Å². The Labute approximate surface area is 124 Å². The van der Waals surface area contributed by atoms with Crippen molar-refractivity contribution in [1.29, 1.82) is 0 Å². The first-order valence-electron chi connectivity index (χ1n) is 6.65. The molecule has 0 bridgehead atoms. The number of aromatic amines is 1. The molecule has 0 aliphatic carbocycles. The Morgan fingerprint density at radius 3 is 2.48 bits per heavy atom. The van der Waals surface area contributed by atoms with Crippen molar-refractivity contribution >= 4 is 21.5 Å². The molecule has 1 heterocycles. The van der Waals surface area contributed by atoms with Gasteiger partial charge in [-0.05, 0) is 43.0 Å². The second-order valence-electron chi connectivity index (χ2n) is 5.43. The highest BCUT2D eigenvalue weighted by molar-refractivity contribution is 7.92. The number of hydrogen-bond acceptors (Lipinski definition) is 4. The predicted molar refractivity (Wildman–Crippen MR) is 83.8 cm³/mol. The number of aromatic nitrogens is 2. The van der Waals surface area contributed by atoms with E-state index in [1.165, 1.54) is 6.07 Å². The third-order valence-electron chi connectivity index (χ3n) is 3.39. The first kappa shape index (κ1) is 15.4. The second-order valence-corrected chi connectivity index (χ2v) is 7.08. The monoisotopic (exact) mass is 308 g/mol. The highest BCUT2D eigenvalue weighted by atomic mass is 32.2. The van der Waals surface area contributed by atoms with Crippen LogP contribution in [0, 0.1) is 13.8 Å². The number of nitrogens with zero attached hydrogens (tertiary/aromatic N) is 1. The molecule has 0 atom stereocenters. The maximum atomic E-state index is 12.5. The van der Waals surface area contributed by atoms with Gasteiger partial charge in [-0.2, -0.15) is 5.10 Å². The standard InChI is InChI=1S/C14H20N4O2S/c1-8(2)12-7-14(17-16-12)18-21(19,20)13-6-11(15)5-9(3)10(13)4/h5-8H,15H2,1-4H3,(H2,16,17,18). The molecular formula is C14H20N4O2S. The van der Waals surface area contributed by atoms with Crippen molar-refractivity contribution in [2.75, 3.05) is 10.5 Å². The summed E-state index contributed by atoms with van der Waals surface area (Å²) >= 11 is 0. The average Bonchev–Trinajstić information content (AvgIpc) is 2.81. The van der Waals surface area contributed by atoms with E-state index in [0.29, 0.717) is 11.3 Å². The van der Waals surface area contributed by atoms with Crippen LogP contribution in [0.2, 0.25) is 0 Å². The Hall–Kier alpha value is -2.02. The quantitative estimate of drug-likeness (QED) is 0.755. The lowest BCUT2D eigenvalue weighted by molar-refractivity contribution is 0.600. The molecule has 0 saturated carbocycles. The van der Waals surface area contributed by atoms with E-state index < -0.39 is 10.0 Å². The Kier molecular flexibility index (Phi) is 3.95. The van der Waals surface area contributed by atoms with E-state index in [1.54, 1.807) is 19.1 Å². The van der Waals surface area contributed by atoms with Gasteiger partial charge in [-0.15, -0.1) is 0 Å². The zero-order valence-corrected chi connectivity index (χ0v) is 13.4. The van der Waals surface area contributed by atoms with E-state index in [-0.39, 0.29) is 16.6 Å². The first-order valence-corrected chi connectivity index (χ1v) is 8.14. The summed E-state index contributed by atoms with van der Waals surface area (Å²) in [5.41, 5.74) is 8.55. The van der Waals surface area contributed by atoms with Crippen LogP contribution in [0.1, 0.15) is 36.6 Å². The largest absolute Gasteiger partial charge is 0.399 e. The lowest BCUT2D eigenvalue weighted by Crippen LogP contribution is -2.15. The average molecular weight is 308 g/mol. The van der Waals surface area contributed by atoms with Crippen LogP contribution in [-0.4, -0.2) is 18.6 Å². The number of nitrogens with one attached hydrogen (secondary N) is 2. The van der Waals surface area contributed by atoms with Crippen LogP contribution in [-0.2, 0) is 10.0 Å². The molecule has 0 unspecified atom stereocenters. The van der Waals surface area contributed by atoms with Gasteiger partial charge >= 0.3 is 0 Å². The van der Waals surface area contributed by atoms with Crippen LogP contribution >= 0.6 is 0 Å². The molecule has 0 saturated heterocycles. The number of nitrogen functional groups attached to an aromatic ring is 1. The number of sulfonamides is 1. The molecule has 7 heteroatoms. The fourth-order valence-electron chi connectivity index (χ4n) is 2.01. The summed E-state index contributed by atoms with van der Waals surface area (Å²) < 4.78 is 27.5. The summed E-state index contributed by atoms with van der Waals surface area (Å²) in [7, 11) is -3.71. The summed E-state index contributed by atoms with van der Waals surface area (Å²) in [6.07, 6.45) is 0. The highest BCUT2D eigenvalue weighted by Crippen LogP contribution is 2.24. The summed E-state index contributed by atoms with van der Waals surface area (Å²) in [5.74, 6) is 0.519. The van der Waals surface area contributed by atoms with E-state index >= 15 is 0 Å². The lowest BCUT2D eigenvalue weighted by Gasteiger charge is -2.11. The van der Waals surface area contributed by atoms with E-state index in [0.717, 1.165) is 11.3 Å². The summed E-state index contributed by atoms with van der Waals surface area (Å²) in [5, 5.41) is 6.79. The summed E-state index contributed by atoms with van der Waals surface area (Å²) in [6, 6.07) is 4.90. The SMILES string of the molecule is Cc1cc(N)cc(S(=O)(=O)Nc2cc(C(C)C)[nH]n2)c1C. The molecule has 1 aromatic heterocycles. The fourth-order valence-corrected chi connectivity index (χ4v) is 3.36. The Bertz CT molecular complexity index is 763. The minimum absolute atomic E-state index is 0.175. The van der Waals surface area contributed by atoms with Crippen LogP contribution in [0.5, 0.6) is 0 Å². The van der Waals surface area contributed by atoms with Crippen LogP contribution in [0.3, 0.4) is 0 Å². The summed E-state index contributed by atoms with van der Waals surface area (Å²) in [6.45, 7) is 7.58. The van der Waals surface area contributed by atoms with Crippen molar-refractivity contribution in [3.05, 3.63) is 35.0 Å². The zero-order chi connectivity index (χ0) is 15.8. The Balaban J connectivity index is 2.38. The van der Waals surface area contributed by atoms with Crippen LogP contribution < -0.4 is 10.5 Å². The molecule has 0 amide bonds. The topological polar surface area (TPSA) is 101 Å². The Morgan fingerprint density at radius 2 is 1.90 bits per heavy atom. The van der Waals surface area contributed by atoms with Crippen LogP contribution in [0.25, 0.3) is 0 Å². The van der Waals surface area contributed by atoms with Gasteiger partial charge in [0.15, 0.2) is 5.82 Å². The molecule has 0 aliphatic rings. The first-order chi connectivity index (χ1) is 9.70. The molecule has 2 rings (SSSR count). The van der Waals surface area contributed by atoms with E-state index in [2.05, 4.69) is 14.9 Å². The zero-order valence-electron chi connectivity index (χ0n) is 12.6. The number of benzene rings is 1. The number of anilines is 2. The van der Waals surface area contributed by atoms with Crippen molar-refractivity contribution in [1.82, 2.24) is 10.2 Å². The minimum atomic E-state index is -3.71. The van der Waals surface area contributed by atoms with Crippen molar-refractivity contribution in [3.8, 4) is 0 Å². The maximum Gasteiger partial charge on any atom is 0.263 e. The number of rotatable bonds is 4. The van der Waals surface area contributed by atoms with Gasteiger partial charge < -0.3 is 5.73 Å². The van der Waals surface area contributed by atoms with Crippen LogP contribution in [0.15, 0.2) is 23.1 Å². The normalized spacial score (nSPS) is 11.9. The van der Waals surface area contributed by atoms with Gasteiger partial charge in [-0.3, -0.25) is 9.82 Å². The molecule has 0 fully saturated rings. The predicted octanol–water partition coefficient (Wildman–Crippen LogP) is 2.53. The molecule has 6 nitrogen and oxygen atoms in total. The van der Waals surface area contributed by atoms with Gasteiger partial charge in [0.25, 0.3) is 10.0 Å².